The first-order chi connectivity index (χ1) is 11.2. The van der Waals surface area contributed by atoms with Gasteiger partial charge in [-0.2, -0.15) is 0 Å². The molecule has 0 aliphatic rings. The molecular formula is C20H18O2S. The second-order valence-electron chi connectivity index (χ2n) is 5.29. The average molecular weight is 322 g/mol. The first-order valence-corrected chi connectivity index (χ1v) is 8.96. The van der Waals surface area contributed by atoms with Crippen molar-refractivity contribution in [1.29, 1.82) is 0 Å². The Morgan fingerprint density at radius 1 is 0.739 bits per heavy atom. The van der Waals surface area contributed by atoms with E-state index in [0.29, 0.717) is 16.2 Å². The summed E-state index contributed by atoms with van der Waals surface area (Å²) in [6, 6.07) is 28.1. The van der Waals surface area contributed by atoms with Gasteiger partial charge in [0, 0.05) is 11.3 Å². The van der Waals surface area contributed by atoms with E-state index in [9.17, 15) is 8.76 Å². The lowest BCUT2D eigenvalue weighted by molar-refractivity contribution is 0.559. The predicted octanol–water partition coefficient (Wildman–Crippen LogP) is 4.27. The largest absolute Gasteiger partial charge is 0.310 e. The number of rotatable bonds is 4. The number of benzene rings is 3. The maximum atomic E-state index is 13.2. The fraction of sp³-hybridized carbons (Fsp3) is 0.0500. The molecule has 1 N–H and O–H groups in total. The molecule has 0 aromatic heterocycles. The Hall–Kier alpha value is -2.36. The lowest BCUT2D eigenvalue weighted by Gasteiger charge is -2.14. The fourth-order valence-electron chi connectivity index (χ4n) is 2.51. The Balaban J connectivity index is 2.20. The van der Waals surface area contributed by atoms with Gasteiger partial charge in [0.2, 0.25) is 0 Å². The molecule has 0 radical (unpaired) electrons. The van der Waals surface area contributed by atoms with Gasteiger partial charge < -0.3 is 4.55 Å². The molecule has 0 saturated heterocycles. The molecule has 1 unspecified atom stereocenters. The summed E-state index contributed by atoms with van der Waals surface area (Å²) in [6.07, 6.45) is 0.440. The molecule has 0 fully saturated rings. The SMILES string of the molecule is O=S(O)(=C(Cc1ccccc1)c1ccccc1)c1ccccc1. The van der Waals surface area contributed by atoms with Crippen LogP contribution in [-0.4, -0.2) is 13.6 Å². The Morgan fingerprint density at radius 3 is 1.78 bits per heavy atom. The molecule has 23 heavy (non-hydrogen) atoms. The van der Waals surface area contributed by atoms with Crippen molar-refractivity contribution in [3.8, 4) is 0 Å². The van der Waals surface area contributed by atoms with Crippen LogP contribution in [0.4, 0.5) is 0 Å². The zero-order valence-corrected chi connectivity index (χ0v) is 13.4. The molecule has 0 spiro atoms. The van der Waals surface area contributed by atoms with E-state index < -0.39 is 9.80 Å². The highest BCUT2D eigenvalue weighted by atomic mass is 32.2. The monoisotopic (exact) mass is 322 g/mol. The van der Waals surface area contributed by atoms with E-state index in [0.717, 1.165) is 11.1 Å². The van der Waals surface area contributed by atoms with Gasteiger partial charge in [0.25, 0.3) is 0 Å². The summed E-state index contributed by atoms with van der Waals surface area (Å²) in [4.78, 5) is 0.977. The number of hydrogen-bond acceptors (Lipinski definition) is 1. The van der Waals surface area contributed by atoms with Crippen LogP contribution in [0.1, 0.15) is 11.1 Å². The van der Waals surface area contributed by atoms with Gasteiger partial charge in [-0.3, -0.25) is 0 Å². The van der Waals surface area contributed by atoms with Crippen molar-refractivity contribution >= 4 is 14.7 Å². The van der Waals surface area contributed by atoms with E-state index in [-0.39, 0.29) is 0 Å². The van der Waals surface area contributed by atoms with Crippen molar-refractivity contribution in [2.75, 3.05) is 0 Å². The van der Waals surface area contributed by atoms with E-state index in [2.05, 4.69) is 0 Å². The van der Waals surface area contributed by atoms with Crippen LogP contribution in [0.2, 0.25) is 0 Å². The molecule has 3 aromatic rings. The standard InChI is InChI=1S/C20H18O2S/c21-23(22,19-14-8-3-9-15-19)20(18-12-6-2-7-13-18)16-17-10-4-1-5-11-17/h1-15H,16H2,(H,21,22). The quantitative estimate of drug-likeness (QED) is 0.575. The van der Waals surface area contributed by atoms with Gasteiger partial charge >= 0.3 is 0 Å². The van der Waals surface area contributed by atoms with Crippen molar-refractivity contribution in [3.63, 3.8) is 0 Å². The summed E-state index contributed by atoms with van der Waals surface area (Å²) in [5.74, 6) is 0. The minimum Gasteiger partial charge on any atom is -0.310 e. The average Bonchev–Trinajstić information content (AvgIpc) is 2.62. The first-order valence-electron chi connectivity index (χ1n) is 7.45. The molecule has 3 rings (SSSR count). The van der Waals surface area contributed by atoms with Gasteiger partial charge in [0.1, 0.15) is 9.80 Å². The maximum Gasteiger partial charge on any atom is 0.114 e. The molecule has 3 heteroatoms. The van der Waals surface area contributed by atoms with E-state index in [1.165, 1.54) is 0 Å². The lowest BCUT2D eigenvalue weighted by atomic mass is 10.0. The van der Waals surface area contributed by atoms with Gasteiger partial charge in [-0.05, 0) is 23.3 Å². The molecule has 0 heterocycles. The summed E-state index contributed by atoms with van der Waals surface area (Å²) >= 11 is 0. The molecule has 0 bridgehead atoms. The zero-order valence-electron chi connectivity index (χ0n) is 12.6. The van der Waals surface area contributed by atoms with E-state index in [1.807, 2.05) is 66.7 Å². The second-order valence-corrected chi connectivity index (χ2v) is 7.31. The third-order valence-corrected chi connectivity index (χ3v) is 5.66. The zero-order chi connectivity index (χ0) is 16.1. The molecule has 3 aromatic carbocycles. The van der Waals surface area contributed by atoms with Gasteiger partial charge in [-0.1, -0.05) is 78.9 Å². The normalized spacial score (nSPS) is 13.3. The van der Waals surface area contributed by atoms with E-state index >= 15 is 0 Å². The molecule has 0 saturated carbocycles. The molecular weight excluding hydrogens is 304 g/mol. The van der Waals surface area contributed by atoms with Crippen LogP contribution in [-0.2, 0) is 16.2 Å². The Bertz CT molecular complexity index is 879. The minimum atomic E-state index is -3.29. The van der Waals surface area contributed by atoms with Crippen molar-refractivity contribution in [3.05, 3.63) is 102 Å². The molecule has 116 valence electrons. The topological polar surface area (TPSA) is 37.3 Å². The van der Waals surface area contributed by atoms with Crippen LogP contribution >= 0.6 is 0 Å². The highest BCUT2D eigenvalue weighted by Gasteiger charge is 2.17. The van der Waals surface area contributed by atoms with Crippen molar-refractivity contribution in [2.24, 2.45) is 0 Å². The summed E-state index contributed by atoms with van der Waals surface area (Å²) in [6.45, 7) is 0. The highest BCUT2D eigenvalue weighted by molar-refractivity contribution is 7.97. The van der Waals surface area contributed by atoms with Crippen molar-refractivity contribution in [2.45, 2.75) is 11.3 Å². The van der Waals surface area contributed by atoms with Crippen LogP contribution in [0.25, 0.3) is 0 Å². The fourth-order valence-corrected chi connectivity index (χ4v) is 4.14. The third kappa shape index (κ3) is 3.52. The van der Waals surface area contributed by atoms with Crippen LogP contribution in [0.15, 0.2) is 95.9 Å². The molecule has 0 aliphatic carbocycles. The smallest absolute Gasteiger partial charge is 0.114 e. The maximum absolute atomic E-state index is 13.2. The van der Waals surface area contributed by atoms with Gasteiger partial charge in [0.05, 0.1) is 4.90 Å². The summed E-state index contributed by atoms with van der Waals surface area (Å²) in [5, 5.41) is 0. The van der Waals surface area contributed by atoms with Crippen molar-refractivity contribution < 1.29 is 8.76 Å². The minimum absolute atomic E-state index is 0.440. The van der Waals surface area contributed by atoms with Crippen LogP contribution in [0, 0.1) is 0 Å². The highest BCUT2D eigenvalue weighted by Crippen LogP contribution is 2.17. The number of hydrogen-bond donors (Lipinski definition) is 1. The Kier molecular flexibility index (Phi) is 4.60. The molecule has 2 nitrogen and oxygen atoms in total. The lowest BCUT2D eigenvalue weighted by Crippen LogP contribution is -2.18. The van der Waals surface area contributed by atoms with Gasteiger partial charge in [0.15, 0.2) is 0 Å². The predicted molar refractivity (Wildman–Crippen MR) is 96.2 cm³/mol. The van der Waals surface area contributed by atoms with Gasteiger partial charge in [-0.15, -0.1) is 0 Å². The summed E-state index contributed by atoms with van der Waals surface area (Å²) < 4.78 is 24.1. The summed E-state index contributed by atoms with van der Waals surface area (Å²) in [5.41, 5.74) is 1.82. The second kappa shape index (κ2) is 6.82. The first kappa shape index (κ1) is 15.5. The van der Waals surface area contributed by atoms with Crippen LogP contribution in [0.5, 0.6) is 0 Å². The van der Waals surface area contributed by atoms with E-state index in [4.69, 9.17) is 0 Å². The van der Waals surface area contributed by atoms with Crippen LogP contribution < -0.4 is 0 Å². The molecule has 0 amide bonds. The summed E-state index contributed by atoms with van der Waals surface area (Å²) in [7, 11) is -3.29. The third-order valence-electron chi connectivity index (χ3n) is 3.70. The molecule has 0 aliphatic heterocycles. The molecule has 1 atom stereocenters. The van der Waals surface area contributed by atoms with Gasteiger partial charge in [-0.25, -0.2) is 4.21 Å². The van der Waals surface area contributed by atoms with E-state index in [1.54, 1.807) is 24.3 Å². The van der Waals surface area contributed by atoms with Crippen LogP contribution in [0.3, 0.4) is 0 Å². The Labute approximate surface area is 137 Å². The van der Waals surface area contributed by atoms with Crippen molar-refractivity contribution in [1.82, 2.24) is 0 Å². The Morgan fingerprint density at radius 2 is 1.22 bits per heavy atom.